The van der Waals surface area contributed by atoms with Crippen LogP contribution in [0.2, 0.25) is 0 Å². The normalized spacial score (nSPS) is 16.0. The van der Waals surface area contributed by atoms with Gasteiger partial charge in [0.05, 0.1) is 11.6 Å². The molecular weight excluding hydrogens is 447 g/mol. The summed E-state index contributed by atoms with van der Waals surface area (Å²) in [5, 5.41) is 8.28. The Bertz CT molecular complexity index is 1350. The van der Waals surface area contributed by atoms with Crippen molar-refractivity contribution in [3.8, 4) is 11.4 Å². The standard InChI is InChI=1S/C27H23FN4OS/c1-17-8-10-19(11-9-17)16-32-18(2)23(24(29-27(32)34)20-6-4-3-5-7-20)26-30-25(31-33-26)21-12-14-22(28)15-13-21/h3-15,24H,16H2,1-2H3,(H,29,34). The van der Waals surface area contributed by atoms with Gasteiger partial charge in [-0.3, -0.25) is 0 Å². The van der Waals surface area contributed by atoms with E-state index in [2.05, 4.69) is 51.5 Å². The van der Waals surface area contributed by atoms with Crippen molar-refractivity contribution < 1.29 is 8.91 Å². The molecule has 2 heterocycles. The van der Waals surface area contributed by atoms with Crippen LogP contribution < -0.4 is 5.32 Å². The molecule has 1 aliphatic heterocycles. The third-order valence-corrected chi connectivity index (χ3v) is 6.29. The number of thiocarbonyl (C=S) groups is 1. The summed E-state index contributed by atoms with van der Waals surface area (Å²) in [6, 6.07) is 24.2. The predicted octanol–water partition coefficient (Wildman–Crippen LogP) is 6.05. The van der Waals surface area contributed by atoms with Crippen LogP contribution in [0.25, 0.3) is 17.0 Å². The Morgan fingerprint density at radius 3 is 2.38 bits per heavy atom. The van der Waals surface area contributed by atoms with Crippen LogP contribution in [0.15, 0.2) is 89.1 Å². The largest absolute Gasteiger partial charge is 0.351 e. The highest BCUT2D eigenvalue weighted by Gasteiger charge is 2.34. The fraction of sp³-hybridized carbons (Fsp3) is 0.148. The third-order valence-electron chi connectivity index (χ3n) is 5.95. The molecule has 1 aliphatic rings. The van der Waals surface area contributed by atoms with Gasteiger partial charge in [-0.2, -0.15) is 4.98 Å². The van der Waals surface area contributed by atoms with Crippen LogP contribution in [-0.4, -0.2) is 20.2 Å². The van der Waals surface area contributed by atoms with Crippen LogP contribution in [0.3, 0.4) is 0 Å². The zero-order valence-corrected chi connectivity index (χ0v) is 19.6. The Morgan fingerprint density at radius 1 is 0.971 bits per heavy atom. The second-order valence-corrected chi connectivity index (χ2v) is 8.68. The summed E-state index contributed by atoms with van der Waals surface area (Å²) >= 11 is 5.78. The van der Waals surface area contributed by atoms with Crippen molar-refractivity contribution in [3.63, 3.8) is 0 Å². The highest BCUT2D eigenvalue weighted by molar-refractivity contribution is 7.80. The van der Waals surface area contributed by atoms with Crippen LogP contribution in [0, 0.1) is 12.7 Å². The average Bonchev–Trinajstić information content (AvgIpc) is 3.33. The first-order valence-electron chi connectivity index (χ1n) is 11.0. The number of rotatable bonds is 5. The lowest BCUT2D eigenvalue weighted by atomic mass is 9.94. The first-order chi connectivity index (χ1) is 16.5. The number of hydrogen-bond donors (Lipinski definition) is 1. The summed E-state index contributed by atoms with van der Waals surface area (Å²) in [5.74, 6) is 0.488. The van der Waals surface area contributed by atoms with Gasteiger partial charge < -0.3 is 14.7 Å². The van der Waals surface area contributed by atoms with Gasteiger partial charge >= 0.3 is 0 Å². The number of aromatic nitrogens is 2. The molecule has 170 valence electrons. The fourth-order valence-electron chi connectivity index (χ4n) is 4.07. The molecule has 3 aromatic carbocycles. The number of benzene rings is 3. The van der Waals surface area contributed by atoms with Gasteiger partial charge in [0.15, 0.2) is 5.11 Å². The molecule has 5 nitrogen and oxygen atoms in total. The second kappa shape index (κ2) is 9.19. The molecule has 5 rings (SSSR count). The zero-order valence-electron chi connectivity index (χ0n) is 18.8. The van der Waals surface area contributed by atoms with Crippen LogP contribution in [0.4, 0.5) is 4.39 Å². The average molecular weight is 471 g/mol. The van der Waals surface area contributed by atoms with E-state index in [1.54, 1.807) is 12.1 Å². The van der Waals surface area contributed by atoms with Gasteiger partial charge in [-0.05, 0) is 61.5 Å². The number of halogens is 1. The molecule has 0 spiro atoms. The molecule has 4 aromatic rings. The monoisotopic (exact) mass is 470 g/mol. The van der Waals surface area contributed by atoms with Gasteiger partial charge in [-0.1, -0.05) is 65.3 Å². The molecule has 1 N–H and O–H groups in total. The quantitative estimate of drug-likeness (QED) is 0.359. The topological polar surface area (TPSA) is 54.2 Å². The van der Waals surface area contributed by atoms with Crippen molar-refractivity contribution in [2.75, 3.05) is 0 Å². The third kappa shape index (κ3) is 4.34. The summed E-state index contributed by atoms with van der Waals surface area (Å²) in [4.78, 5) is 6.72. The number of hydrogen-bond acceptors (Lipinski definition) is 4. The Labute approximate surface area is 202 Å². The summed E-state index contributed by atoms with van der Waals surface area (Å²) in [6.45, 7) is 4.70. The van der Waals surface area contributed by atoms with E-state index in [9.17, 15) is 4.39 Å². The van der Waals surface area contributed by atoms with Crippen LogP contribution in [0.1, 0.15) is 35.5 Å². The van der Waals surface area contributed by atoms with Gasteiger partial charge in [-0.15, -0.1) is 0 Å². The van der Waals surface area contributed by atoms with E-state index in [4.69, 9.17) is 16.7 Å². The Hall–Kier alpha value is -3.84. The number of nitrogens with one attached hydrogen (secondary N) is 1. The predicted molar refractivity (Wildman–Crippen MR) is 134 cm³/mol. The van der Waals surface area contributed by atoms with Gasteiger partial charge in [0.1, 0.15) is 5.82 Å². The minimum Gasteiger partial charge on any atom is -0.351 e. The van der Waals surface area contributed by atoms with Crippen LogP contribution in [-0.2, 0) is 6.54 Å². The van der Waals surface area contributed by atoms with Crippen LogP contribution >= 0.6 is 12.2 Å². The number of aryl methyl sites for hydroxylation is 1. The van der Waals surface area contributed by atoms with E-state index in [-0.39, 0.29) is 11.9 Å². The molecule has 0 saturated carbocycles. The highest BCUT2D eigenvalue weighted by Crippen LogP contribution is 2.37. The molecule has 0 radical (unpaired) electrons. The Kier molecular flexibility index (Phi) is 5.94. The maximum absolute atomic E-state index is 13.4. The summed E-state index contributed by atoms with van der Waals surface area (Å²) in [7, 11) is 0. The number of allylic oxidation sites excluding steroid dienone is 1. The van der Waals surface area contributed by atoms with Gasteiger partial charge in [0.25, 0.3) is 5.89 Å². The van der Waals surface area contributed by atoms with Crippen LogP contribution in [0.5, 0.6) is 0 Å². The van der Waals surface area contributed by atoms with Crippen molar-refractivity contribution in [1.82, 2.24) is 20.4 Å². The van der Waals surface area contributed by atoms with Gasteiger partial charge in [-0.25, -0.2) is 4.39 Å². The summed E-state index contributed by atoms with van der Waals surface area (Å²) < 4.78 is 19.1. The fourth-order valence-corrected chi connectivity index (χ4v) is 4.39. The zero-order chi connectivity index (χ0) is 23.7. The SMILES string of the molecule is CC1=C(c2nc(-c3ccc(F)cc3)no2)C(c2ccccc2)NC(=S)N1Cc1ccc(C)cc1. The second-order valence-electron chi connectivity index (χ2n) is 8.29. The van der Waals surface area contributed by atoms with Gasteiger partial charge in [0.2, 0.25) is 5.82 Å². The minimum atomic E-state index is -0.313. The van der Waals surface area contributed by atoms with Gasteiger partial charge in [0, 0.05) is 17.8 Å². The minimum absolute atomic E-state index is 0.246. The van der Waals surface area contributed by atoms with Crippen molar-refractivity contribution in [2.45, 2.75) is 26.4 Å². The molecule has 1 unspecified atom stereocenters. The maximum Gasteiger partial charge on any atom is 0.258 e. The summed E-state index contributed by atoms with van der Waals surface area (Å²) in [6.07, 6.45) is 0. The van der Waals surface area contributed by atoms with E-state index in [1.165, 1.54) is 17.7 Å². The van der Waals surface area contributed by atoms with Crippen molar-refractivity contribution >= 4 is 22.9 Å². The molecule has 0 saturated heterocycles. The van der Waals surface area contributed by atoms with Crippen molar-refractivity contribution in [3.05, 3.63) is 113 Å². The van der Waals surface area contributed by atoms with E-state index >= 15 is 0 Å². The molecule has 7 heteroatoms. The molecule has 1 aromatic heterocycles. The first kappa shape index (κ1) is 22.0. The molecular formula is C27H23FN4OS. The lowest BCUT2D eigenvalue weighted by Gasteiger charge is -2.37. The number of nitrogens with zero attached hydrogens (tertiary/aromatic N) is 3. The molecule has 0 aliphatic carbocycles. The van der Waals surface area contributed by atoms with E-state index < -0.39 is 0 Å². The highest BCUT2D eigenvalue weighted by atomic mass is 32.1. The van der Waals surface area contributed by atoms with Crippen molar-refractivity contribution in [1.29, 1.82) is 0 Å². The van der Waals surface area contributed by atoms with E-state index in [0.717, 1.165) is 22.4 Å². The van der Waals surface area contributed by atoms with Crippen molar-refractivity contribution in [2.24, 2.45) is 0 Å². The molecule has 34 heavy (non-hydrogen) atoms. The molecule has 0 bridgehead atoms. The lowest BCUT2D eigenvalue weighted by Crippen LogP contribution is -2.45. The van der Waals surface area contributed by atoms with E-state index in [0.29, 0.717) is 28.9 Å². The van der Waals surface area contributed by atoms with E-state index in [1.807, 2.05) is 37.3 Å². The molecule has 0 fully saturated rings. The lowest BCUT2D eigenvalue weighted by molar-refractivity contribution is 0.396. The molecule has 1 atom stereocenters. The summed E-state index contributed by atoms with van der Waals surface area (Å²) in [5.41, 5.74) is 5.86. The Morgan fingerprint density at radius 2 is 1.68 bits per heavy atom. The maximum atomic E-state index is 13.4. The smallest absolute Gasteiger partial charge is 0.258 e. The Balaban J connectivity index is 1.58. The molecule has 0 amide bonds. The first-order valence-corrected chi connectivity index (χ1v) is 11.4.